The predicted octanol–water partition coefficient (Wildman–Crippen LogP) is 5.33. The Bertz CT molecular complexity index is 1450. The van der Waals surface area contributed by atoms with E-state index in [1.165, 1.54) is 23.1 Å². The van der Waals surface area contributed by atoms with Crippen LogP contribution in [0.15, 0.2) is 78.9 Å². The van der Waals surface area contributed by atoms with Crippen molar-refractivity contribution >= 4 is 39.1 Å². The van der Waals surface area contributed by atoms with Crippen LogP contribution in [0.2, 0.25) is 5.02 Å². The summed E-state index contributed by atoms with van der Waals surface area (Å²) in [5.74, 6) is -1.53. The van der Waals surface area contributed by atoms with Gasteiger partial charge in [-0.1, -0.05) is 79.4 Å². The summed E-state index contributed by atoms with van der Waals surface area (Å²) in [6, 6.07) is 20.5. The van der Waals surface area contributed by atoms with Gasteiger partial charge in [0.15, 0.2) is 0 Å². The minimum Gasteiger partial charge on any atom is -0.352 e. The third-order valence-electron chi connectivity index (χ3n) is 7.24. The Hall–Kier alpha value is -3.43. The van der Waals surface area contributed by atoms with E-state index in [9.17, 15) is 22.4 Å². The maximum absolute atomic E-state index is 14.1. The molecule has 2 amide bonds. The average Bonchev–Trinajstić information content (AvgIpc) is 2.94. The Labute approximate surface area is 246 Å². The number of benzene rings is 3. The molecule has 1 atom stereocenters. The Morgan fingerprint density at radius 3 is 2.29 bits per heavy atom. The van der Waals surface area contributed by atoms with Crippen LogP contribution in [0.1, 0.15) is 43.2 Å². The van der Waals surface area contributed by atoms with Gasteiger partial charge in [-0.3, -0.25) is 13.9 Å². The minimum atomic E-state index is -3.97. The third kappa shape index (κ3) is 8.78. The number of sulfonamides is 1. The van der Waals surface area contributed by atoms with Crippen LogP contribution in [-0.2, 0) is 32.6 Å². The highest BCUT2D eigenvalue weighted by molar-refractivity contribution is 7.92. The second-order valence-electron chi connectivity index (χ2n) is 10.5. The van der Waals surface area contributed by atoms with Crippen molar-refractivity contribution in [3.63, 3.8) is 0 Å². The van der Waals surface area contributed by atoms with Crippen molar-refractivity contribution in [3.05, 3.63) is 101 Å². The number of amides is 2. The maximum Gasteiger partial charge on any atom is 0.244 e. The van der Waals surface area contributed by atoms with E-state index in [1.807, 2.05) is 30.3 Å². The van der Waals surface area contributed by atoms with Gasteiger partial charge in [-0.2, -0.15) is 0 Å². The summed E-state index contributed by atoms with van der Waals surface area (Å²) in [4.78, 5) is 29.4. The fraction of sp³-hybridized carbons (Fsp3) is 0.355. The Balaban J connectivity index is 1.72. The second kappa shape index (κ2) is 14.0. The van der Waals surface area contributed by atoms with Gasteiger partial charge in [-0.25, -0.2) is 12.8 Å². The fourth-order valence-corrected chi connectivity index (χ4v) is 6.23. The van der Waals surface area contributed by atoms with Crippen LogP contribution in [0.25, 0.3) is 0 Å². The molecule has 4 rings (SSSR count). The number of carbonyl (C=O) groups is 2. The van der Waals surface area contributed by atoms with Crippen molar-refractivity contribution in [2.75, 3.05) is 17.1 Å². The van der Waals surface area contributed by atoms with Crippen molar-refractivity contribution < 1.29 is 22.4 Å². The molecule has 0 spiro atoms. The van der Waals surface area contributed by atoms with Gasteiger partial charge in [-0.15, -0.1) is 0 Å². The number of nitrogens with zero attached hydrogens (tertiary/aromatic N) is 2. The molecule has 218 valence electrons. The maximum atomic E-state index is 14.1. The number of nitrogens with one attached hydrogen (secondary N) is 1. The summed E-state index contributed by atoms with van der Waals surface area (Å²) < 4.78 is 40.5. The molecule has 0 aromatic heterocycles. The zero-order valence-electron chi connectivity index (χ0n) is 23.0. The van der Waals surface area contributed by atoms with Crippen molar-refractivity contribution in [3.8, 4) is 0 Å². The lowest BCUT2D eigenvalue weighted by molar-refractivity contribution is -0.140. The van der Waals surface area contributed by atoms with Gasteiger partial charge in [0.1, 0.15) is 18.4 Å². The van der Waals surface area contributed by atoms with Gasteiger partial charge in [0.25, 0.3) is 0 Å². The van der Waals surface area contributed by atoms with E-state index in [1.54, 1.807) is 24.3 Å². The van der Waals surface area contributed by atoms with E-state index < -0.39 is 34.3 Å². The quantitative estimate of drug-likeness (QED) is 0.323. The first kappa shape index (κ1) is 30.5. The van der Waals surface area contributed by atoms with Crippen molar-refractivity contribution in [1.82, 2.24) is 10.2 Å². The minimum absolute atomic E-state index is 0.0115. The summed E-state index contributed by atoms with van der Waals surface area (Å²) in [6.45, 7) is -0.583. The average molecular weight is 600 g/mol. The molecular weight excluding hydrogens is 565 g/mol. The van der Waals surface area contributed by atoms with E-state index in [0.29, 0.717) is 10.6 Å². The molecular formula is C31H35ClFN3O4S. The standard InChI is InChI=1S/C31H35ClFN3O4S/c1-41(39,40)36(28-17-9-14-26(33)20-28)22-30(37)35(21-24-12-8-13-25(32)18-24)29(19-23-10-4-2-5-11-23)31(38)34-27-15-6-3-7-16-27/h2,4-5,8-14,17-18,20,27,29H,3,6-7,15-16,19,21-22H2,1H3,(H,34,38). The molecule has 7 nitrogen and oxygen atoms in total. The Morgan fingerprint density at radius 2 is 1.63 bits per heavy atom. The van der Waals surface area contributed by atoms with Gasteiger partial charge in [0, 0.05) is 24.0 Å². The van der Waals surface area contributed by atoms with Crippen molar-refractivity contribution in [1.29, 1.82) is 0 Å². The number of anilines is 1. The fourth-order valence-electron chi connectivity index (χ4n) is 5.18. The molecule has 1 fully saturated rings. The first-order chi connectivity index (χ1) is 19.6. The van der Waals surface area contributed by atoms with Gasteiger partial charge < -0.3 is 10.2 Å². The Kier molecular flexibility index (Phi) is 10.4. The lowest BCUT2D eigenvalue weighted by atomic mass is 9.94. The molecule has 0 heterocycles. The van der Waals surface area contributed by atoms with Gasteiger partial charge >= 0.3 is 0 Å². The van der Waals surface area contributed by atoms with E-state index in [-0.39, 0.29) is 30.6 Å². The summed E-state index contributed by atoms with van der Waals surface area (Å²) in [6.07, 6.45) is 6.10. The largest absolute Gasteiger partial charge is 0.352 e. The van der Waals surface area contributed by atoms with Crippen LogP contribution in [0.3, 0.4) is 0 Å². The molecule has 3 aromatic carbocycles. The number of halogens is 2. The van der Waals surface area contributed by atoms with E-state index in [2.05, 4.69) is 5.32 Å². The highest BCUT2D eigenvalue weighted by atomic mass is 35.5. The highest BCUT2D eigenvalue weighted by Gasteiger charge is 2.34. The molecule has 1 N–H and O–H groups in total. The van der Waals surface area contributed by atoms with Crippen LogP contribution < -0.4 is 9.62 Å². The molecule has 3 aromatic rings. The third-order valence-corrected chi connectivity index (χ3v) is 8.62. The number of rotatable bonds is 11. The lowest BCUT2D eigenvalue weighted by Gasteiger charge is -2.35. The smallest absolute Gasteiger partial charge is 0.244 e. The normalized spacial score (nSPS) is 14.7. The topological polar surface area (TPSA) is 86.8 Å². The Morgan fingerprint density at radius 1 is 0.951 bits per heavy atom. The summed E-state index contributed by atoms with van der Waals surface area (Å²) in [5.41, 5.74) is 1.56. The molecule has 1 aliphatic carbocycles. The number of hydrogen-bond acceptors (Lipinski definition) is 4. The first-order valence-electron chi connectivity index (χ1n) is 13.7. The molecule has 1 unspecified atom stereocenters. The molecule has 0 aliphatic heterocycles. The number of hydrogen-bond donors (Lipinski definition) is 1. The van der Waals surface area contributed by atoms with E-state index in [0.717, 1.165) is 54.3 Å². The molecule has 0 radical (unpaired) electrons. The zero-order valence-corrected chi connectivity index (χ0v) is 24.6. The zero-order chi connectivity index (χ0) is 29.4. The number of carbonyl (C=O) groups excluding carboxylic acids is 2. The predicted molar refractivity (Wildman–Crippen MR) is 160 cm³/mol. The van der Waals surface area contributed by atoms with E-state index in [4.69, 9.17) is 11.6 Å². The molecule has 0 bridgehead atoms. The van der Waals surface area contributed by atoms with Crippen LogP contribution in [0.4, 0.5) is 10.1 Å². The van der Waals surface area contributed by atoms with Crippen molar-refractivity contribution in [2.24, 2.45) is 0 Å². The molecule has 41 heavy (non-hydrogen) atoms. The van der Waals surface area contributed by atoms with Crippen molar-refractivity contribution in [2.45, 2.75) is 57.2 Å². The molecule has 10 heteroatoms. The van der Waals surface area contributed by atoms with Gasteiger partial charge in [0.2, 0.25) is 21.8 Å². The summed E-state index contributed by atoms with van der Waals surface area (Å²) in [5, 5.41) is 3.63. The van der Waals surface area contributed by atoms with Gasteiger partial charge in [-0.05, 0) is 54.3 Å². The highest BCUT2D eigenvalue weighted by Crippen LogP contribution is 2.23. The van der Waals surface area contributed by atoms with Crippen LogP contribution >= 0.6 is 11.6 Å². The molecule has 0 saturated heterocycles. The SMILES string of the molecule is CS(=O)(=O)N(CC(=O)N(Cc1cccc(Cl)c1)C(Cc1ccccc1)C(=O)NC1CCCCC1)c1cccc(F)c1. The van der Waals surface area contributed by atoms with Crippen LogP contribution in [-0.4, -0.2) is 50.0 Å². The summed E-state index contributed by atoms with van der Waals surface area (Å²) >= 11 is 6.24. The lowest BCUT2D eigenvalue weighted by Crippen LogP contribution is -2.55. The van der Waals surface area contributed by atoms with E-state index >= 15 is 0 Å². The van der Waals surface area contributed by atoms with Crippen LogP contribution in [0.5, 0.6) is 0 Å². The second-order valence-corrected chi connectivity index (χ2v) is 12.8. The van der Waals surface area contributed by atoms with Crippen LogP contribution in [0, 0.1) is 5.82 Å². The summed E-state index contributed by atoms with van der Waals surface area (Å²) in [7, 11) is -3.97. The molecule has 1 aliphatic rings. The first-order valence-corrected chi connectivity index (χ1v) is 15.9. The monoisotopic (exact) mass is 599 g/mol. The molecule has 1 saturated carbocycles. The van der Waals surface area contributed by atoms with Gasteiger partial charge in [0.05, 0.1) is 11.9 Å².